The van der Waals surface area contributed by atoms with Gasteiger partial charge in [0.1, 0.15) is 6.33 Å². The van der Waals surface area contributed by atoms with E-state index in [0.717, 1.165) is 37.5 Å². The number of nitrogens with zero attached hydrogens (tertiary/aromatic N) is 4. The first-order valence-electron chi connectivity index (χ1n) is 8.84. The van der Waals surface area contributed by atoms with Gasteiger partial charge in [0.25, 0.3) is 0 Å². The third-order valence-corrected chi connectivity index (χ3v) is 5.48. The maximum absolute atomic E-state index is 12.8. The molecule has 0 spiro atoms. The number of carbonyl (C=O) groups is 1. The summed E-state index contributed by atoms with van der Waals surface area (Å²) in [5, 5.41) is 8.45. The summed E-state index contributed by atoms with van der Waals surface area (Å²) >= 11 is 1.78. The van der Waals surface area contributed by atoms with Gasteiger partial charge in [-0.1, -0.05) is 27.2 Å². The predicted molar refractivity (Wildman–Crippen MR) is 95.4 cm³/mol. The smallest absolute Gasteiger partial charge is 0.236 e. The van der Waals surface area contributed by atoms with E-state index in [4.69, 9.17) is 0 Å². The maximum Gasteiger partial charge on any atom is 0.236 e. The van der Waals surface area contributed by atoms with Gasteiger partial charge in [0.15, 0.2) is 5.82 Å². The Morgan fingerprint density at radius 1 is 1.43 bits per heavy atom. The predicted octanol–water partition coefficient (Wildman–Crippen LogP) is 3.52. The normalized spacial score (nSPS) is 19.5. The number of aromatic nitrogens is 3. The first-order chi connectivity index (χ1) is 11.0. The highest BCUT2D eigenvalue weighted by Gasteiger charge is 2.35. The number of hydrogen-bond acceptors (Lipinski definition) is 4. The van der Waals surface area contributed by atoms with Crippen LogP contribution in [-0.2, 0) is 11.3 Å². The highest BCUT2D eigenvalue weighted by molar-refractivity contribution is 8.00. The summed E-state index contributed by atoms with van der Waals surface area (Å²) in [5.74, 6) is 2.81. The summed E-state index contributed by atoms with van der Waals surface area (Å²) in [4.78, 5) is 14.9. The van der Waals surface area contributed by atoms with Crippen LogP contribution in [0.25, 0.3) is 0 Å². The highest BCUT2D eigenvalue weighted by atomic mass is 32.2. The first-order valence-corrected chi connectivity index (χ1v) is 9.89. The number of unbranched alkanes of at least 4 members (excludes halogenated alkanes) is 1. The van der Waals surface area contributed by atoms with E-state index in [1.165, 1.54) is 12.8 Å². The van der Waals surface area contributed by atoms with Crippen LogP contribution in [0.15, 0.2) is 6.33 Å². The van der Waals surface area contributed by atoms with Crippen LogP contribution in [0.1, 0.15) is 65.2 Å². The van der Waals surface area contributed by atoms with Gasteiger partial charge in [0.05, 0.1) is 11.3 Å². The topological polar surface area (TPSA) is 51.0 Å². The summed E-state index contributed by atoms with van der Waals surface area (Å²) in [7, 11) is 0. The molecule has 1 fully saturated rings. The molecule has 0 N–H and O–H groups in total. The van der Waals surface area contributed by atoms with Crippen molar-refractivity contribution in [2.45, 2.75) is 71.2 Å². The number of rotatable bonds is 8. The van der Waals surface area contributed by atoms with Gasteiger partial charge in [0.2, 0.25) is 5.91 Å². The lowest BCUT2D eigenvalue weighted by Gasteiger charge is -2.27. The molecule has 2 heterocycles. The highest BCUT2D eigenvalue weighted by Crippen LogP contribution is 2.33. The Hall–Kier alpha value is -1.04. The maximum atomic E-state index is 12.8. The minimum atomic E-state index is 0.0311. The van der Waals surface area contributed by atoms with E-state index in [-0.39, 0.29) is 17.2 Å². The minimum Gasteiger partial charge on any atom is -0.331 e. The zero-order valence-electron chi connectivity index (χ0n) is 14.9. The number of likely N-dealkylation sites (tertiary alicyclic amines) is 1. The number of thioether (sulfide) groups is 1. The Morgan fingerprint density at radius 3 is 2.91 bits per heavy atom. The summed E-state index contributed by atoms with van der Waals surface area (Å²) in [5.41, 5.74) is 0. The SMILES string of the molecule is CCCCSC(C)C(=O)N1CCCC1c1nncn1CC(C)C. The van der Waals surface area contributed by atoms with Crippen LogP contribution >= 0.6 is 11.8 Å². The Kier molecular flexibility index (Phi) is 6.93. The fraction of sp³-hybridized carbons (Fsp3) is 0.824. The molecule has 130 valence electrons. The third-order valence-electron chi connectivity index (χ3n) is 4.25. The molecule has 6 heteroatoms. The summed E-state index contributed by atoms with van der Waals surface area (Å²) in [6, 6.07) is 0.0953. The van der Waals surface area contributed by atoms with Crippen molar-refractivity contribution in [3.63, 3.8) is 0 Å². The molecule has 23 heavy (non-hydrogen) atoms. The van der Waals surface area contributed by atoms with Crippen LogP contribution in [0, 0.1) is 5.92 Å². The van der Waals surface area contributed by atoms with Crippen LogP contribution in [0.3, 0.4) is 0 Å². The zero-order valence-corrected chi connectivity index (χ0v) is 15.7. The fourth-order valence-corrected chi connectivity index (χ4v) is 4.15. The average Bonchev–Trinajstić information content (AvgIpc) is 3.14. The van der Waals surface area contributed by atoms with E-state index in [1.54, 1.807) is 18.1 Å². The molecule has 0 aromatic carbocycles. The van der Waals surface area contributed by atoms with E-state index in [9.17, 15) is 4.79 Å². The quantitative estimate of drug-likeness (QED) is 0.681. The molecule has 0 saturated carbocycles. The Morgan fingerprint density at radius 2 is 2.22 bits per heavy atom. The molecule has 0 aliphatic carbocycles. The molecule has 1 aromatic heterocycles. The van der Waals surface area contributed by atoms with Gasteiger partial charge in [-0.15, -0.1) is 22.0 Å². The number of carbonyl (C=O) groups excluding carboxylic acids is 1. The van der Waals surface area contributed by atoms with E-state index >= 15 is 0 Å². The summed E-state index contributed by atoms with van der Waals surface area (Å²) in [6.07, 6.45) is 6.20. The van der Waals surface area contributed by atoms with Crippen LogP contribution in [-0.4, -0.2) is 43.1 Å². The van der Waals surface area contributed by atoms with Gasteiger partial charge in [-0.25, -0.2) is 0 Å². The van der Waals surface area contributed by atoms with Gasteiger partial charge in [0, 0.05) is 13.1 Å². The average molecular weight is 339 g/mol. The zero-order chi connectivity index (χ0) is 16.8. The molecular weight excluding hydrogens is 308 g/mol. The van der Waals surface area contributed by atoms with Gasteiger partial charge < -0.3 is 9.47 Å². The van der Waals surface area contributed by atoms with Crippen LogP contribution in [0.4, 0.5) is 0 Å². The van der Waals surface area contributed by atoms with E-state index in [1.807, 2.05) is 11.8 Å². The van der Waals surface area contributed by atoms with Crippen molar-refractivity contribution in [1.29, 1.82) is 0 Å². The molecule has 2 unspecified atom stereocenters. The molecule has 1 aromatic rings. The van der Waals surface area contributed by atoms with Crippen LogP contribution < -0.4 is 0 Å². The van der Waals surface area contributed by atoms with Gasteiger partial charge in [-0.3, -0.25) is 4.79 Å². The third kappa shape index (κ3) is 4.72. The van der Waals surface area contributed by atoms with E-state index < -0.39 is 0 Å². The largest absolute Gasteiger partial charge is 0.331 e. The van der Waals surface area contributed by atoms with Crippen molar-refractivity contribution in [2.24, 2.45) is 5.92 Å². The summed E-state index contributed by atoms with van der Waals surface area (Å²) < 4.78 is 2.12. The van der Waals surface area contributed by atoms with Crippen molar-refractivity contribution in [3.8, 4) is 0 Å². The van der Waals surface area contributed by atoms with Crippen LogP contribution in [0.5, 0.6) is 0 Å². The molecule has 1 aliphatic heterocycles. The molecule has 1 aliphatic rings. The minimum absolute atomic E-state index is 0.0311. The molecule has 2 atom stereocenters. The van der Waals surface area contributed by atoms with E-state index in [0.29, 0.717) is 5.92 Å². The second-order valence-corrected chi connectivity index (χ2v) is 8.24. The van der Waals surface area contributed by atoms with Crippen molar-refractivity contribution in [1.82, 2.24) is 19.7 Å². The molecule has 0 radical (unpaired) electrons. The fourth-order valence-electron chi connectivity index (χ4n) is 3.06. The number of hydrogen-bond donors (Lipinski definition) is 0. The lowest BCUT2D eigenvalue weighted by molar-refractivity contribution is -0.131. The number of amides is 1. The Labute approximate surface area is 144 Å². The lowest BCUT2D eigenvalue weighted by Crippen LogP contribution is -2.37. The van der Waals surface area contributed by atoms with Crippen molar-refractivity contribution in [2.75, 3.05) is 12.3 Å². The molecule has 1 saturated heterocycles. The lowest BCUT2D eigenvalue weighted by atomic mass is 10.1. The Balaban J connectivity index is 2.05. The Bertz CT molecular complexity index is 503. The molecule has 2 rings (SSSR count). The van der Waals surface area contributed by atoms with Crippen molar-refractivity contribution in [3.05, 3.63) is 12.2 Å². The second kappa shape index (κ2) is 8.71. The second-order valence-electron chi connectivity index (χ2n) is 6.79. The van der Waals surface area contributed by atoms with Gasteiger partial charge in [-0.2, -0.15) is 0 Å². The van der Waals surface area contributed by atoms with Gasteiger partial charge >= 0.3 is 0 Å². The molecule has 1 amide bonds. The van der Waals surface area contributed by atoms with Crippen LogP contribution in [0.2, 0.25) is 0 Å². The van der Waals surface area contributed by atoms with Crippen molar-refractivity contribution < 1.29 is 4.79 Å². The summed E-state index contributed by atoms with van der Waals surface area (Å²) in [6.45, 7) is 10.3. The van der Waals surface area contributed by atoms with E-state index in [2.05, 4.69) is 35.5 Å². The van der Waals surface area contributed by atoms with Gasteiger partial charge in [-0.05, 0) is 37.9 Å². The molecule has 0 bridgehead atoms. The molecular formula is C17H30N4OS. The monoisotopic (exact) mass is 338 g/mol. The standard InChI is InChI=1S/C17H30N4OS/c1-5-6-10-23-14(4)17(22)21-9-7-8-15(21)16-19-18-12-20(16)11-13(2)3/h12-15H,5-11H2,1-4H3. The molecule has 5 nitrogen and oxygen atoms in total. The first kappa shape index (κ1) is 18.3. The van der Waals surface area contributed by atoms with Crippen molar-refractivity contribution >= 4 is 17.7 Å².